The Morgan fingerprint density at radius 2 is 1.88 bits per heavy atom. The molecule has 0 radical (unpaired) electrons. The first-order valence-corrected chi connectivity index (χ1v) is 7.80. The Balaban J connectivity index is 2.43. The maximum absolute atomic E-state index is 13.1. The number of hydrogen-bond acceptors (Lipinski definition) is 4. The van der Waals surface area contributed by atoms with Crippen LogP contribution in [0.5, 0.6) is 0 Å². The van der Waals surface area contributed by atoms with E-state index in [1.54, 1.807) is 41.0 Å². The molecule has 0 aliphatic heterocycles. The summed E-state index contributed by atoms with van der Waals surface area (Å²) in [5, 5.41) is 9.37. The number of fused-ring (bicyclic) bond motifs is 1. The predicted octanol–water partition coefficient (Wildman–Crippen LogP) is 2.94. The van der Waals surface area contributed by atoms with E-state index in [1.165, 1.54) is 0 Å². The number of aromatic nitrogens is 2. The van der Waals surface area contributed by atoms with Gasteiger partial charge in [-0.25, -0.2) is 4.98 Å². The van der Waals surface area contributed by atoms with Crippen molar-refractivity contribution in [1.82, 2.24) is 9.55 Å². The molecule has 3 rings (SSSR count). The Labute approximate surface area is 145 Å². The highest BCUT2D eigenvalue weighted by atomic mass is 16.1. The Morgan fingerprint density at radius 3 is 2.44 bits per heavy atom. The highest BCUT2D eigenvalue weighted by Crippen LogP contribution is 2.24. The summed E-state index contributed by atoms with van der Waals surface area (Å²) in [6, 6.07) is 12.2. The van der Waals surface area contributed by atoms with E-state index in [-0.39, 0.29) is 11.5 Å². The number of nitrogens with two attached hydrogens (primary N) is 1. The van der Waals surface area contributed by atoms with Crippen LogP contribution in [0.25, 0.3) is 16.6 Å². The van der Waals surface area contributed by atoms with E-state index in [0.29, 0.717) is 39.2 Å². The fourth-order valence-corrected chi connectivity index (χ4v) is 2.76. The molecule has 0 atom stereocenters. The second-order valence-electron chi connectivity index (χ2n) is 5.99. The number of nitrogen functional groups attached to an aromatic ring is 1. The number of hydrogen-bond donors (Lipinski definition) is 1. The predicted molar refractivity (Wildman–Crippen MR) is 98.5 cm³/mol. The summed E-state index contributed by atoms with van der Waals surface area (Å²) in [7, 11) is 0. The Kier molecular flexibility index (Phi) is 4.00. The van der Waals surface area contributed by atoms with E-state index in [2.05, 4.69) is 17.0 Å². The zero-order valence-corrected chi connectivity index (χ0v) is 13.9. The lowest BCUT2D eigenvalue weighted by atomic mass is 10.1. The maximum atomic E-state index is 13.1. The summed E-state index contributed by atoms with van der Waals surface area (Å²) in [6.45, 7) is 3.91. The van der Waals surface area contributed by atoms with Crippen molar-refractivity contribution >= 4 is 16.6 Å². The Morgan fingerprint density at radius 1 is 1.20 bits per heavy atom. The van der Waals surface area contributed by atoms with Crippen molar-refractivity contribution in [2.75, 3.05) is 5.73 Å². The molecule has 0 spiro atoms. The summed E-state index contributed by atoms with van der Waals surface area (Å²) in [4.78, 5) is 17.8. The van der Waals surface area contributed by atoms with E-state index in [1.807, 2.05) is 13.8 Å². The SMILES string of the molecule is C#Cc1c(N)ccc2c(=O)n(-c3ccc(C#N)cc3)c(C(C)C)nc12. The van der Waals surface area contributed by atoms with Gasteiger partial charge in [0.15, 0.2) is 0 Å². The van der Waals surface area contributed by atoms with Gasteiger partial charge in [-0.3, -0.25) is 9.36 Å². The molecule has 2 N–H and O–H groups in total. The van der Waals surface area contributed by atoms with Crippen molar-refractivity contribution in [2.24, 2.45) is 0 Å². The van der Waals surface area contributed by atoms with Crippen LogP contribution in [0.3, 0.4) is 0 Å². The van der Waals surface area contributed by atoms with Crippen molar-refractivity contribution in [1.29, 1.82) is 5.26 Å². The van der Waals surface area contributed by atoms with Gasteiger partial charge in [-0.2, -0.15) is 5.26 Å². The van der Waals surface area contributed by atoms with Gasteiger partial charge in [0.1, 0.15) is 5.82 Å². The van der Waals surface area contributed by atoms with Crippen molar-refractivity contribution in [3.63, 3.8) is 0 Å². The van der Waals surface area contributed by atoms with Crippen molar-refractivity contribution in [2.45, 2.75) is 19.8 Å². The van der Waals surface area contributed by atoms with Crippen LogP contribution in [0.1, 0.15) is 36.7 Å². The van der Waals surface area contributed by atoms with Crippen LogP contribution in [0.4, 0.5) is 5.69 Å². The smallest absolute Gasteiger partial charge is 0.266 e. The normalized spacial score (nSPS) is 10.6. The molecule has 1 heterocycles. The molecule has 1 aromatic heterocycles. The molecule has 0 bridgehead atoms. The Hall–Kier alpha value is -3.57. The van der Waals surface area contributed by atoms with E-state index in [4.69, 9.17) is 17.4 Å². The second-order valence-corrected chi connectivity index (χ2v) is 5.99. The largest absolute Gasteiger partial charge is 0.398 e. The number of nitriles is 1. The molecule has 0 unspecified atom stereocenters. The number of benzene rings is 2. The molecule has 0 fully saturated rings. The van der Waals surface area contributed by atoms with Gasteiger partial charge in [-0.15, -0.1) is 6.42 Å². The van der Waals surface area contributed by atoms with Crippen molar-refractivity contribution in [3.8, 4) is 24.1 Å². The standard InChI is InChI=1S/C20H16N4O/c1-4-15-17(22)10-9-16-18(15)23-19(12(2)3)24(20(16)25)14-7-5-13(11-21)6-8-14/h1,5-10,12H,22H2,2-3H3. The molecule has 0 aliphatic rings. The highest BCUT2D eigenvalue weighted by molar-refractivity contribution is 5.89. The third kappa shape index (κ3) is 2.62. The Bertz CT molecular complexity index is 1110. The molecule has 3 aromatic rings. The first-order valence-electron chi connectivity index (χ1n) is 7.80. The van der Waals surface area contributed by atoms with Gasteiger partial charge < -0.3 is 5.73 Å². The van der Waals surface area contributed by atoms with E-state index in [9.17, 15) is 4.79 Å². The molecule has 25 heavy (non-hydrogen) atoms. The summed E-state index contributed by atoms with van der Waals surface area (Å²) in [5.41, 5.74) is 8.20. The lowest BCUT2D eigenvalue weighted by Gasteiger charge is -2.17. The minimum absolute atomic E-state index is 0.0141. The monoisotopic (exact) mass is 328 g/mol. The van der Waals surface area contributed by atoms with Gasteiger partial charge in [0.2, 0.25) is 0 Å². The van der Waals surface area contributed by atoms with Gasteiger partial charge in [0.25, 0.3) is 5.56 Å². The quantitative estimate of drug-likeness (QED) is 0.579. The number of anilines is 1. The molecule has 5 nitrogen and oxygen atoms in total. The average Bonchev–Trinajstić information content (AvgIpc) is 2.61. The first-order chi connectivity index (χ1) is 12.0. The van der Waals surface area contributed by atoms with Gasteiger partial charge in [0, 0.05) is 11.6 Å². The van der Waals surface area contributed by atoms with Crippen molar-refractivity contribution < 1.29 is 0 Å². The number of nitrogens with zero attached hydrogens (tertiary/aromatic N) is 3. The second kappa shape index (κ2) is 6.14. The van der Waals surface area contributed by atoms with Crippen LogP contribution < -0.4 is 11.3 Å². The molecule has 0 aliphatic carbocycles. The van der Waals surface area contributed by atoms with Gasteiger partial charge in [-0.1, -0.05) is 19.8 Å². The zero-order chi connectivity index (χ0) is 18.1. The average molecular weight is 328 g/mol. The number of terminal acetylenes is 1. The topological polar surface area (TPSA) is 84.7 Å². The molecular weight excluding hydrogens is 312 g/mol. The summed E-state index contributed by atoms with van der Waals surface area (Å²) < 4.78 is 1.56. The van der Waals surface area contributed by atoms with E-state index in [0.717, 1.165) is 0 Å². The van der Waals surface area contributed by atoms with Gasteiger partial charge in [-0.05, 0) is 36.4 Å². The lowest BCUT2D eigenvalue weighted by molar-refractivity contribution is 0.723. The summed E-state index contributed by atoms with van der Waals surface area (Å²) in [6.07, 6.45) is 5.56. The van der Waals surface area contributed by atoms with Crippen LogP contribution in [0.2, 0.25) is 0 Å². The van der Waals surface area contributed by atoms with Crippen LogP contribution in [-0.2, 0) is 0 Å². The molecule has 5 heteroatoms. The molecule has 0 saturated carbocycles. The van der Waals surface area contributed by atoms with Crippen LogP contribution in [-0.4, -0.2) is 9.55 Å². The molecule has 2 aromatic carbocycles. The van der Waals surface area contributed by atoms with Gasteiger partial charge in [0.05, 0.1) is 33.8 Å². The van der Waals surface area contributed by atoms with Gasteiger partial charge >= 0.3 is 0 Å². The fourth-order valence-electron chi connectivity index (χ4n) is 2.76. The highest BCUT2D eigenvalue weighted by Gasteiger charge is 2.17. The number of rotatable bonds is 2. The summed E-state index contributed by atoms with van der Waals surface area (Å²) in [5.74, 6) is 3.11. The van der Waals surface area contributed by atoms with Crippen molar-refractivity contribution in [3.05, 3.63) is 63.7 Å². The van der Waals surface area contributed by atoms with Crippen LogP contribution in [0.15, 0.2) is 41.2 Å². The van der Waals surface area contributed by atoms with Crippen LogP contribution >= 0.6 is 0 Å². The van der Waals surface area contributed by atoms with E-state index >= 15 is 0 Å². The third-order valence-electron chi connectivity index (χ3n) is 4.01. The molecule has 122 valence electrons. The maximum Gasteiger partial charge on any atom is 0.266 e. The lowest BCUT2D eigenvalue weighted by Crippen LogP contribution is -2.25. The molecule has 0 amide bonds. The molecule has 0 saturated heterocycles. The minimum Gasteiger partial charge on any atom is -0.398 e. The van der Waals surface area contributed by atoms with Crippen LogP contribution in [0, 0.1) is 23.7 Å². The minimum atomic E-state index is -0.213. The summed E-state index contributed by atoms with van der Waals surface area (Å²) >= 11 is 0. The van der Waals surface area contributed by atoms with E-state index < -0.39 is 0 Å². The third-order valence-corrected chi connectivity index (χ3v) is 4.01. The fraction of sp³-hybridized carbons (Fsp3) is 0.150. The zero-order valence-electron chi connectivity index (χ0n) is 13.9. The molecular formula is C20H16N4O. The first kappa shape index (κ1) is 16.3.